The lowest BCUT2D eigenvalue weighted by molar-refractivity contribution is 0.327. The number of benzene rings is 2. The Bertz CT molecular complexity index is 929. The standard InChI is InChI=1S/C18H16BrNO4S/c1-3-23-17-11-15(12-20)10-16(19)18(17)24-25(21,22)9-8-14-6-4-13(2)5-7-14/h4-11H,3H2,1-2H3/b9-8+. The molecule has 0 saturated carbocycles. The maximum absolute atomic E-state index is 12.3. The summed E-state index contributed by atoms with van der Waals surface area (Å²) in [4.78, 5) is 0. The molecule has 0 aliphatic heterocycles. The first-order valence-electron chi connectivity index (χ1n) is 7.40. The molecule has 0 aromatic heterocycles. The molecular formula is C18H16BrNO4S. The molecule has 0 atom stereocenters. The number of nitrogens with zero attached hydrogens (tertiary/aromatic N) is 1. The van der Waals surface area contributed by atoms with E-state index in [9.17, 15) is 8.42 Å². The first kappa shape index (κ1) is 19.0. The minimum absolute atomic E-state index is 0.00871. The Morgan fingerprint density at radius 2 is 1.92 bits per heavy atom. The predicted molar refractivity (Wildman–Crippen MR) is 99.8 cm³/mol. The fourth-order valence-corrected chi connectivity index (χ4v) is 3.37. The van der Waals surface area contributed by atoms with E-state index in [0.29, 0.717) is 16.6 Å². The van der Waals surface area contributed by atoms with E-state index in [1.165, 1.54) is 18.2 Å². The van der Waals surface area contributed by atoms with Crippen molar-refractivity contribution < 1.29 is 17.3 Å². The van der Waals surface area contributed by atoms with Crippen LogP contribution >= 0.6 is 15.9 Å². The maximum atomic E-state index is 12.3. The third-order valence-corrected chi connectivity index (χ3v) is 4.60. The van der Waals surface area contributed by atoms with Crippen LogP contribution in [0.1, 0.15) is 23.6 Å². The van der Waals surface area contributed by atoms with Gasteiger partial charge >= 0.3 is 10.1 Å². The second kappa shape index (κ2) is 8.19. The van der Waals surface area contributed by atoms with Gasteiger partial charge in [-0.25, -0.2) is 0 Å². The van der Waals surface area contributed by atoms with Crippen molar-refractivity contribution in [1.82, 2.24) is 0 Å². The topological polar surface area (TPSA) is 76.4 Å². The molecule has 7 heteroatoms. The second-order valence-corrected chi connectivity index (χ2v) is 7.40. The summed E-state index contributed by atoms with van der Waals surface area (Å²) in [7, 11) is -4.00. The van der Waals surface area contributed by atoms with Gasteiger partial charge in [-0.1, -0.05) is 29.8 Å². The highest BCUT2D eigenvalue weighted by molar-refractivity contribution is 9.10. The summed E-state index contributed by atoms with van der Waals surface area (Å²) in [6, 6.07) is 12.3. The third kappa shape index (κ3) is 5.34. The molecule has 0 saturated heterocycles. The average Bonchev–Trinajstić information content (AvgIpc) is 2.57. The van der Waals surface area contributed by atoms with Gasteiger partial charge in [-0.3, -0.25) is 0 Å². The van der Waals surface area contributed by atoms with Crippen LogP contribution in [0, 0.1) is 18.3 Å². The molecular weight excluding hydrogens is 406 g/mol. The van der Waals surface area contributed by atoms with Crippen LogP contribution in [-0.2, 0) is 10.1 Å². The highest BCUT2D eigenvalue weighted by Gasteiger charge is 2.18. The van der Waals surface area contributed by atoms with E-state index < -0.39 is 10.1 Å². The van der Waals surface area contributed by atoms with Crippen LogP contribution in [0.2, 0.25) is 0 Å². The van der Waals surface area contributed by atoms with Gasteiger partial charge in [0.1, 0.15) is 0 Å². The summed E-state index contributed by atoms with van der Waals surface area (Å²) in [6.45, 7) is 4.00. The summed E-state index contributed by atoms with van der Waals surface area (Å²) < 4.78 is 35.4. The van der Waals surface area contributed by atoms with Gasteiger partial charge in [0.2, 0.25) is 0 Å². The molecule has 0 heterocycles. The van der Waals surface area contributed by atoms with Crippen molar-refractivity contribution in [2.24, 2.45) is 0 Å². The molecule has 0 amide bonds. The van der Waals surface area contributed by atoms with Crippen molar-refractivity contribution in [2.45, 2.75) is 13.8 Å². The Kier molecular flexibility index (Phi) is 6.23. The van der Waals surface area contributed by atoms with Gasteiger partial charge in [-0.2, -0.15) is 13.7 Å². The molecule has 5 nitrogen and oxygen atoms in total. The molecule has 0 radical (unpaired) electrons. The van der Waals surface area contributed by atoms with Crippen molar-refractivity contribution in [3.63, 3.8) is 0 Å². The number of rotatable bonds is 6. The maximum Gasteiger partial charge on any atom is 0.332 e. The van der Waals surface area contributed by atoms with Crippen molar-refractivity contribution in [1.29, 1.82) is 5.26 Å². The fourth-order valence-electron chi connectivity index (χ4n) is 1.96. The SMILES string of the molecule is CCOc1cc(C#N)cc(Br)c1OS(=O)(=O)/C=C/c1ccc(C)cc1. The molecule has 0 N–H and O–H groups in total. The van der Waals surface area contributed by atoms with E-state index >= 15 is 0 Å². The van der Waals surface area contributed by atoms with Crippen LogP contribution in [0.25, 0.3) is 6.08 Å². The van der Waals surface area contributed by atoms with Crippen molar-refractivity contribution in [3.05, 3.63) is 63.0 Å². The summed E-state index contributed by atoms with van der Waals surface area (Å²) in [5.41, 5.74) is 2.15. The summed E-state index contributed by atoms with van der Waals surface area (Å²) in [5.74, 6) is 0.190. The largest absolute Gasteiger partial charge is 0.490 e. The molecule has 130 valence electrons. The Labute approximate surface area is 155 Å². The first-order chi connectivity index (χ1) is 11.8. The van der Waals surface area contributed by atoms with Gasteiger partial charge in [0.25, 0.3) is 0 Å². The molecule has 0 unspecified atom stereocenters. The predicted octanol–water partition coefficient (Wildman–Crippen LogP) is 4.41. The Hall–Kier alpha value is -2.30. The number of ether oxygens (including phenoxy) is 1. The molecule has 2 aromatic rings. The average molecular weight is 422 g/mol. The van der Waals surface area contributed by atoms with Crippen LogP contribution in [0.5, 0.6) is 11.5 Å². The zero-order valence-corrected chi connectivity index (χ0v) is 16.1. The highest BCUT2D eigenvalue weighted by atomic mass is 79.9. The monoisotopic (exact) mass is 421 g/mol. The van der Waals surface area contributed by atoms with E-state index in [4.69, 9.17) is 14.2 Å². The summed E-state index contributed by atoms with van der Waals surface area (Å²) in [6.07, 6.45) is 1.45. The molecule has 0 aliphatic rings. The zero-order chi connectivity index (χ0) is 18.4. The van der Waals surface area contributed by atoms with E-state index in [0.717, 1.165) is 16.5 Å². The van der Waals surface area contributed by atoms with Crippen LogP contribution in [0.4, 0.5) is 0 Å². The molecule has 0 fully saturated rings. The van der Waals surface area contributed by atoms with Gasteiger partial charge < -0.3 is 8.92 Å². The molecule has 0 spiro atoms. The van der Waals surface area contributed by atoms with Gasteiger partial charge in [0, 0.05) is 6.07 Å². The number of aryl methyl sites for hydroxylation is 1. The number of nitriles is 1. The molecule has 0 aliphatic carbocycles. The number of hydrogen-bond acceptors (Lipinski definition) is 5. The third-order valence-electron chi connectivity index (χ3n) is 3.14. The van der Waals surface area contributed by atoms with Crippen molar-refractivity contribution in [3.8, 4) is 17.6 Å². The van der Waals surface area contributed by atoms with Gasteiger partial charge in [0.05, 0.1) is 28.1 Å². The minimum Gasteiger partial charge on any atom is -0.490 e. The van der Waals surface area contributed by atoms with E-state index in [-0.39, 0.29) is 11.5 Å². The molecule has 25 heavy (non-hydrogen) atoms. The Morgan fingerprint density at radius 1 is 1.24 bits per heavy atom. The zero-order valence-electron chi connectivity index (χ0n) is 13.7. The van der Waals surface area contributed by atoms with E-state index in [1.807, 2.05) is 37.3 Å². The van der Waals surface area contributed by atoms with E-state index in [1.54, 1.807) is 6.92 Å². The fraction of sp³-hybridized carbons (Fsp3) is 0.167. The van der Waals surface area contributed by atoms with Gasteiger partial charge in [-0.05, 0) is 47.5 Å². The Balaban J connectivity index is 2.31. The van der Waals surface area contributed by atoms with Crippen LogP contribution < -0.4 is 8.92 Å². The van der Waals surface area contributed by atoms with Crippen LogP contribution in [0.15, 0.2) is 46.3 Å². The molecule has 2 aromatic carbocycles. The van der Waals surface area contributed by atoms with Crippen molar-refractivity contribution >= 4 is 32.1 Å². The second-order valence-electron chi connectivity index (χ2n) is 5.12. The van der Waals surface area contributed by atoms with Crippen molar-refractivity contribution in [2.75, 3.05) is 6.61 Å². The smallest absolute Gasteiger partial charge is 0.332 e. The normalized spacial score (nSPS) is 11.3. The number of hydrogen-bond donors (Lipinski definition) is 0. The van der Waals surface area contributed by atoms with E-state index in [2.05, 4.69) is 15.9 Å². The highest BCUT2D eigenvalue weighted by Crippen LogP contribution is 2.38. The number of halogens is 1. The minimum atomic E-state index is -4.00. The quantitative estimate of drug-likeness (QED) is 0.645. The van der Waals surface area contributed by atoms with Gasteiger partial charge in [-0.15, -0.1) is 0 Å². The lowest BCUT2D eigenvalue weighted by atomic mass is 10.2. The van der Waals surface area contributed by atoms with Crippen LogP contribution in [-0.4, -0.2) is 15.0 Å². The van der Waals surface area contributed by atoms with Gasteiger partial charge in [0.15, 0.2) is 11.5 Å². The van der Waals surface area contributed by atoms with Crippen LogP contribution in [0.3, 0.4) is 0 Å². The first-order valence-corrected chi connectivity index (χ1v) is 9.66. The molecule has 0 bridgehead atoms. The lowest BCUT2D eigenvalue weighted by Crippen LogP contribution is -2.07. The lowest BCUT2D eigenvalue weighted by Gasteiger charge is -2.12. The molecule has 2 rings (SSSR count). The summed E-state index contributed by atoms with van der Waals surface area (Å²) in [5, 5.41) is 10.00. The Morgan fingerprint density at radius 3 is 2.52 bits per heavy atom. The summed E-state index contributed by atoms with van der Waals surface area (Å²) >= 11 is 3.22.